The molecule has 0 radical (unpaired) electrons. The van der Waals surface area contributed by atoms with Gasteiger partial charge < -0.3 is 5.11 Å². The molecule has 0 aliphatic carbocycles. The van der Waals surface area contributed by atoms with E-state index in [1.165, 1.54) is 18.1 Å². The lowest BCUT2D eigenvalue weighted by molar-refractivity contribution is 0.102. The van der Waals surface area contributed by atoms with Crippen LogP contribution in [0.2, 0.25) is 0 Å². The molecule has 1 atom stereocenters. The molecule has 0 aromatic heterocycles. The Hall–Kier alpha value is 0.270. The van der Waals surface area contributed by atoms with Crippen LogP contribution in [0.3, 0.4) is 0 Å². The van der Waals surface area contributed by atoms with E-state index in [9.17, 15) is 0 Å². The van der Waals surface area contributed by atoms with Gasteiger partial charge in [-0.2, -0.15) is 11.8 Å². The molecule has 3 heteroatoms. The summed E-state index contributed by atoms with van der Waals surface area (Å²) < 4.78 is 0. The van der Waals surface area contributed by atoms with Gasteiger partial charge in [-0.3, -0.25) is 4.90 Å². The molecule has 0 amide bonds. The van der Waals surface area contributed by atoms with E-state index in [1.54, 1.807) is 0 Å². The van der Waals surface area contributed by atoms with Crippen molar-refractivity contribution in [3.63, 3.8) is 0 Å². The van der Waals surface area contributed by atoms with Gasteiger partial charge in [0.1, 0.15) is 0 Å². The van der Waals surface area contributed by atoms with Crippen LogP contribution in [0.1, 0.15) is 20.8 Å². The number of rotatable bonds is 3. The molecule has 0 aromatic rings. The molecular weight excluding hydrogens is 182 g/mol. The average molecular weight is 203 g/mol. The van der Waals surface area contributed by atoms with Gasteiger partial charge in [-0.25, -0.2) is 0 Å². The fourth-order valence-electron chi connectivity index (χ4n) is 1.66. The van der Waals surface area contributed by atoms with Gasteiger partial charge in [0.2, 0.25) is 0 Å². The summed E-state index contributed by atoms with van der Waals surface area (Å²) in [5.41, 5.74) is 0.312. The minimum absolute atomic E-state index is 0.305. The molecule has 2 nitrogen and oxygen atoms in total. The molecule has 1 saturated heterocycles. The molecule has 0 aromatic carbocycles. The lowest BCUT2D eigenvalue weighted by atomic mass is 10.0. The van der Waals surface area contributed by atoms with Crippen molar-refractivity contribution < 1.29 is 5.11 Å². The molecular formula is C10H21NOS. The summed E-state index contributed by atoms with van der Waals surface area (Å²) in [4.78, 5) is 2.50. The lowest BCUT2D eigenvalue weighted by Crippen LogP contribution is -2.51. The van der Waals surface area contributed by atoms with E-state index in [4.69, 9.17) is 5.11 Å². The molecule has 1 aliphatic heterocycles. The van der Waals surface area contributed by atoms with Gasteiger partial charge in [-0.1, -0.05) is 6.92 Å². The second kappa shape index (κ2) is 4.67. The highest BCUT2D eigenvalue weighted by Crippen LogP contribution is 2.26. The smallest absolute Gasteiger partial charge is 0.0468 e. The maximum absolute atomic E-state index is 9.00. The van der Waals surface area contributed by atoms with Crippen molar-refractivity contribution in [1.82, 2.24) is 4.90 Å². The average Bonchev–Trinajstić information content (AvgIpc) is 2.08. The Balaban J connectivity index is 2.46. The third-order valence-corrected chi connectivity index (χ3v) is 4.04. The summed E-state index contributed by atoms with van der Waals surface area (Å²) in [5, 5.41) is 9.00. The maximum atomic E-state index is 9.00. The van der Waals surface area contributed by atoms with Crippen LogP contribution < -0.4 is 0 Å². The number of aliphatic hydroxyl groups excluding tert-OH is 1. The molecule has 1 unspecified atom stereocenters. The summed E-state index contributed by atoms with van der Waals surface area (Å²) in [5.74, 6) is 2.86. The number of thioether (sulfide) groups is 1. The number of nitrogens with zero attached hydrogens (tertiary/aromatic N) is 1. The highest BCUT2D eigenvalue weighted by Gasteiger charge is 2.30. The first kappa shape index (κ1) is 11.3. The Morgan fingerprint density at radius 3 is 2.77 bits per heavy atom. The van der Waals surface area contributed by atoms with Gasteiger partial charge in [-0.05, 0) is 19.8 Å². The summed E-state index contributed by atoms with van der Waals surface area (Å²) >= 11 is 2.04. The number of hydrogen-bond acceptors (Lipinski definition) is 3. The first-order chi connectivity index (χ1) is 6.06. The Bertz CT molecular complexity index is 161. The summed E-state index contributed by atoms with van der Waals surface area (Å²) in [7, 11) is 0. The van der Waals surface area contributed by atoms with Crippen LogP contribution in [0, 0.1) is 5.92 Å². The molecule has 1 rings (SSSR count). The van der Waals surface area contributed by atoms with Gasteiger partial charge in [-0.15, -0.1) is 0 Å². The van der Waals surface area contributed by atoms with Crippen molar-refractivity contribution in [2.75, 3.05) is 31.2 Å². The minimum atomic E-state index is 0.305. The fourth-order valence-corrected chi connectivity index (χ4v) is 2.84. The first-order valence-corrected chi connectivity index (χ1v) is 6.15. The van der Waals surface area contributed by atoms with E-state index in [-0.39, 0.29) is 0 Å². The van der Waals surface area contributed by atoms with Gasteiger partial charge in [0.05, 0.1) is 0 Å². The van der Waals surface area contributed by atoms with Crippen molar-refractivity contribution >= 4 is 11.8 Å². The lowest BCUT2D eigenvalue weighted by Gasteiger charge is -2.43. The van der Waals surface area contributed by atoms with Crippen LogP contribution in [0.4, 0.5) is 0 Å². The molecule has 1 fully saturated rings. The molecule has 78 valence electrons. The second-order valence-corrected chi connectivity index (χ2v) is 5.70. The quantitative estimate of drug-likeness (QED) is 0.751. The summed E-state index contributed by atoms with van der Waals surface area (Å²) in [6.07, 6.45) is 0. The molecule has 1 heterocycles. The summed E-state index contributed by atoms with van der Waals surface area (Å²) in [6.45, 7) is 9.20. The van der Waals surface area contributed by atoms with Gasteiger partial charge in [0.15, 0.2) is 0 Å². The van der Waals surface area contributed by atoms with Crippen LogP contribution in [-0.2, 0) is 0 Å². The third-order valence-electron chi connectivity index (χ3n) is 2.66. The zero-order valence-corrected chi connectivity index (χ0v) is 9.73. The molecule has 0 bridgehead atoms. The SMILES string of the molecule is CC(CO)CN1CCSCC1(C)C. The van der Waals surface area contributed by atoms with Gasteiger partial charge in [0.25, 0.3) is 0 Å². The van der Waals surface area contributed by atoms with Crippen molar-refractivity contribution in [2.45, 2.75) is 26.3 Å². The van der Waals surface area contributed by atoms with Crippen molar-refractivity contribution in [3.05, 3.63) is 0 Å². The van der Waals surface area contributed by atoms with Crippen molar-refractivity contribution in [1.29, 1.82) is 0 Å². The Morgan fingerprint density at radius 2 is 2.23 bits per heavy atom. The molecule has 0 spiro atoms. The highest BCUT2D eigenvalue weighted by molar-refractivity contribution is 7.99. The highest BCUT2D eigenvalue weighted by atomic mass is 32.2. The Labute approximate surface area is 85.7 Å². The van der Waals surface area contributed by atoms with Gasteiger partial charge in [0, 0.05) is 36.7 Å². The van der Waals surface area contributed by atoms with E-state index >= 15 is 0 Å². The zero-order chi connectivity index (χ0) is 9.90. The van der Waals surface area contributed by atoms with Crippen molar-refractivity contribution in [3.8, 4) is 0 Å². The van der Waals surface area contributed by atoms with Crippen LogP contribution >= 0.6 is 11.8 Å². The van der Waals surface area contributed by atoms with Crippen LogP contribution in [0.5, 0.6) is 0 Å². The normalized spacial score (nSPS) is 25.8. The predicted octanol–water partition coefficient (Wildman–Crippen LogP) is 1.44. The van der Waals surface area contributed by atoms with Crippen LogP contribution in [-0.4, -0.2) is 46.7 Å². The second-order valence-electron chi connectivity index (χ2n) is 4.60. The number of hydrogen-bond donors (Lipinski definition) is 1. The molecule has 13 heavy (non-hydrogen) atoms. The maximum Gasteiger partial charge on any atom is 0.0468 e. The van der Waals surface area contributed by atoms with E-state index in [0.29, 0.717) is 18.1 Å². The predicted molar refractivity (Wildman–Crippen MR) is 59.2 cm³/mol. The molecule has 0 saturated carbocycles. The molecule has 1 aliphatic rings. The largest absolute Gasteiger partial charge is 0.396 e. The van der Waals surface area contributed by atoms with Crippen LogP contribution in [0.15, 0.2) is 0 Å². The third kappa shape index (κ3) is 3.15. The van der Waals surface area contributed by atoms with E-state index in [1.807, 2.05) is 11.8 Å². The minimum Gasteiger partial charge on any atom is -0.396 e. The topological polar surface area (TPSA) is 23.5 Å². The van der Waals surface area contributed by atoms with Crippen molar-refractivity contribution in [2.24, 2.45) is 5.92 Å². The fraction of sp³-hybridized carbons (Fsp3) is 1.00. The first-order valence-electron chi connectivity index (χ1n) is 5.00. The standard InChI is InChI=1S/C10H21NOS/c1-9(7-12)6-11-4-5-13-8-10(11,2)3/h9,12H,4-8H2,1-3H3. The van der Waals surface area contributed by atoms with E-state index < -0.39 is 0 Å². The molecule has 1 N–H and O–H groups in total. The Morgan fingerprint density at radius 1 is 1.54 bits per heavy atom. The summed E-state index contributed by atoms with van der Waals surface area (Å²) in [6, 6.07) is 0. The monoisotopic (exact) mass is 203 g/mol. The Kier molecular flexibility index (Phi) is 4.07. The number of aliphatic hydroxyl groups is 1. The zero-order valence-electron chi connectivity index (χ0n) is 8.92. The van der Waals surface area contributed by atoms with Gasteiger partial charge >= 0.3 is 0 Å². The van der Waals surface area contributed by atoms with E-state index in [2.05, 4.69) is 25.7 Å². The van der Waals surface area contributed by atoms with E-state index in [0.717, 1.165) is 6.54 Å². The van der Waals surface area contributed by atoms with Crippen LogP contribution in [0.25, 0.3) is 0 Å².